The molecule has 0 spiro atoms. The molecule has 1 aliphatic rings. The molecule has 1 fully saturated rings. The quantitative estimate of drug-likeness (QED) is 0.719. The van der Waals surface area contributed by atoms with Crippen molar-refractivity contribution in [1.82, 2.24) is 9.97 Å². The summed E-state index contributed by atoms with van der Waals surface area (Å²) in [6.45, 7) is 1.81. The number of hydrogen-bond donors (Lipinski definition) is 3. The molecule has 94 valence electrons. The number of nitrogens with zero attached hydrogens (tertiary/aromatic N) is 1. The van der Waals surface area contributed by atoms with Gasteiger partial charge in [0, 0.05) is 0 Å². The van der Waals surface area contributed by atoms with Crippen LogP contribution in [0.5, 0.6) is 5.88 Å². The van der Waals surface area contributed by atoms with E-state index in [1.165, 1.54) is 6.42 Å². The average molecular weight is 237 g/mol. The molecule has 4 N–H and O–H groups in total. The first-order valence-corrected chi connectivity index (χ1v) is 6.18. The average Bonchev–Trinajstić information content (AvgIpc) is 2.29. The van der Waals surface area contributed by atoms with Crippen molar-refractivity contribution in [3.8, 4) is 5.88 Å². The second-order valence-corrected chi connectivity index (χ2v) is 4.79. The fourth-order valence-electron chi connectivity index (χ4n) is 2.46. The van der Waals surface area contributed by atoms with Gasteiger partial charge >= 0.3 is 0 Å². The van der Waals surface area contributed by atoms with Gasteiger partial charge in [-0.15, -0.1) is 0 Å². The van der Waals surface area contributed by atoms with Gasteiger partial charge in [-0.2, -0.15) is 4.98 Å². The highest BCUT2D eigenvalue weighted by Gasteiger charge is 2.32. The van der Waals surface area contributed by atoms with Gasteiger partial charge in [-0.25, -0.2) is 0 Å². The molecule has 0 amide bonds. The smallest absolute Gasteiger partial charge is 0.257 e. The Morgan fingerprint density at radius 3 is 2.59 bits per heavy atom. The summed E-state index contributed by atoms with van der Waals surface area (Å²) in [5, 5.41) is 9.73. The second-order valence-electron chi connectivity index (χ2n) is 4.79. The van der Waals surface area contributed by atoms with Crippen molar-refractivity contribution in [2.24, 2.45) is 5.73 Å². The Kier molecular flexibility index (Phi) is 3.19. The number of nitrogens with one attached hydrogen (secondary N) is 1. The van der Waals surface area contributed by atoms with Crippen molar-refractivity contribution in [2.75, 3.05) is 0 Å². The molecule has 1 aromatic heterocycles. The molecule has 0 aliphatic heterocycles. The van der Waals surface area contributed by atoms with E-state index in [2.05, 4.69) is 9.97 Å². The van der Waals surface area contributed by atoms with E-state index in [0.717, 1.165) is 25.7 Å². The van der Waals surface area contributed by atoms with Crippen molar-refractivity contribution in [3.63, 3.8) is 0 Å². The van der Waals surface area contributed by atoms with Gasteiger partial charge in [0.1, 0.15) is 5.82 Å². The number of nitrogens with two attached hydrogens (primary N) is 1. The Bertz CT molecular complexity index is 461. The van der Waals surface area contributed by atoms with Gasteiger partial charge < -0.3 is 15.8 Å². The van der Waals surface area contributed by atoms with Crippen molar-refractivity contribution in [1.29, 1.82) is 0 Å². The molecule has 17 heavy (non-hydrogen) atoms. The van der Waals surface area contributed by atoms with E-state index in [1.807, 2.05) is 6.92 Å². The van der Waals surface area contributed by atoms with E-state index in [9.17, 15) is 9.90 Å². The van der Waals surface area contributed by atoms with Crippen LogP contribution < -0.4 is 11.3 Å². The van der Waals surface area contributed by atoms with E-state index in [0.29, 0.717) is 17.8 Å². The molecule has 1 aromatic rings. The summed E-state index contributed by atoms with van der Waals surface area (Å²) >= 11 is 0. The minimum Gasteiger partial charge on any atom is -0.493 e. The lowest BCUT2D eigenvalue weighted by Crippen LogP contribution is -2.41. The van der Waals surface area contributed by atoms with Gasteiger partial charge in [0.25, 0.3) is 5.56 Å². The van der Waals surface area contributed by atoms with Crippen LogP contribution in [-0.2, 0) is 12.0 Å². The molecule has 0 aromatic carbocycles. The van der Waals surface area contributed by atoms with Gasteiger partial charge in [-0.3, -0.25) is 4.79 Å². The van der Waals surface area contributed by atoms with Crippen molar-refractivity contribution in [3.05, 3.63) is 21.7 Å². The zero-order chi connectivity index (χ0) is 12.5. The lowest BCUT2D eigenvalue weighted by atomic mass is 9.82. The monoisotopic (exact) mass is 237 g/mol. The highest BCUT2D eigenvalue weighted by molar-refractivity contribution is 5.24. The first-order valence-electron chi connectivity index (χ1n) is 6.18. The van der Waals surface area contributed by atoms with Gasteiger partial charge in [-0.05, 0) is 19.3 Å². The molecular formula is C12H19N3O2. The molecule has 2 rings (SSSR count). The van der Waals surface area contributed by atoms with Gasteiger partial charge in [0.05, 0.1) is 11.1 Å². The lowest BCUT2D eigenvalue weighted by Gasteiger charge is -2.32. The van der Waals surface area contributed by atoms with Gasteiger partial charge in [0.2, 0.25) is 5.88 Å². The molecule has 5 nitrogen and oxygen atoms in total. The molecule has 0 unspecified atom stereocenters. The van der Waals surface area contributed by atoms with Crippen LogP contribution in [-0.4, -0.2) is 15.1 Å². The number of hydrogen-bond acceptors (Lipinski definition) is 4. The SMILES string of the molecule is CCc1c(O)nc(C2(N)CCCCC2)[nH]c1=O. The van der Waals surface area contributed by atoms with Crippen LogP contribution in [0, 0.1) is 0 Å². The van der Waals surface area contributed by atoms with E-state index in [1.54, 1.807) is 0 Å². The number of aromatic hydroxyl groups is 1. The Hall–Kier alpha value is -1.36. The molecule has 0 radical (unpaired) electrons. The molecule has 1 saturated carbocycles. The van der Waals surface area contributed by atoms with Crippen molar-refractivity contribution in [2.45, 2.75) is 51.0 Å². The Morgan fingerprint density at radius 1 is 1.41 bits per heavy atom. The normalized spacial score (nSPS) is 19.2. The first kappa shape index (κ1) is 12.1. The van der Waals surface area contributed by atoms with E-state index >= 15 is 0 Å². The Morgan fingerprint density at radius 2 is 2.06 bits per heavy atom. The topological polar surface area (TPSA) is 92.0 Å². The number of rotatable bonds is 2. The molecule has 5 heteroatoms. The summed E-state index contributed by atoms with van der Waals surface area (Å²) in [7, 11) is 0. The number of aromatic amines is 1. The standard InChI is InChI=1S/C12H19N3O2/c1-2-8-9(16)14-11(15-10(8)17)12(13)6-4-3-5-7-12/h2-7,13H2,1H3,(H2,14,15,16,17). The molecule has 1 aliphatic carbocycles. The maximum Gasteiger partial charge on any atom is 0.257 e. The van der Waals surface area contributed by atoms with Crippen LogP contribution in [0.15, 0.2) is 4.79 Å². The van der Waals surface area contributed by atoms with Crippen LogP contribution in [0.25, 0.3) is 0 Å². The maximum atomic E-state index is 11.8. The van der Waals surface area contributed by atoms with Crippen LogP contribution in [0.3, 0.4) is 0 Å². The summed E-state index contributed by atoms with van der Waals surface area (Å²) in [6.07, 6.45) is 5.32. The number of H-pyrrole nitrogens is 1. The van der Waals surface area contributed by atoms with Crippen LogP contribution in [0.1, 0.15) is 50.4 Å². The summed E-state index contributed by atoms with van der Waals surface area (Å²) in [5.41, 5.74) is 5.74. The molecule has 0 saturated heterocycles. The lowest BCUT2D eigenvalue weighted by molar-refractivity contribution is 0.282. The third-order valence-electron chi connectivity index (χ3n) is 3.56. The minimum atomic E-state index is -0.582. The minimum absolute atomic E-state index is 0.179. The fraction of sp³-hybridized carbons (Fsp3) is 0.667. The first-order chi connectivity index (χ1) is 8.07. The predicted octanol–water partition coefficient (Wildman–Crippen LogP) is 1.16. The summed E-state index contributed by atoms with van der Waals surface area (Å²) in [6, 6.07) is 0. The van der Waals surface area contributed by atoms with E-state index in [-0.39, 0.29) is 11.4 Å². The van der Waals surface area contributed by atoms with Crippen molar-refractivity contribution >= 4 is 0 Å². The van der Waals surface area contributed by atoms with Crippen LogP contribution >= 0.6 is 0 Å². The van der Waals surface area contributed by atoms with Crippen molar-refractivity contribution < 1.29 is 5.11 Å². The van der Waals surface area contributed by atoms with Crippen LogP contribution in [0.2, 0.25) is 0 Å². The molecule has 1 heterocycles. The Balaban J connectivity index is 2.42. The third-order valence-corrected chi connectivity index (χ3v) is 3.56. The Labute approximate surface area is 100 Å². The van der Waals surface area contributed by atoms with E-state index in [4.69, 9.17) is 5.73 Å². The summed E-state index contributed by atoms with van der Waals surface area (Å²) < 4.78 is 0. The summed E-state index contributed by atoms with van der Waals surface area (Å²) in [5.74, 6) is 0.249. The highest BCUT2D eigenvalue weighted by Crippen LogP contribution is 2.33. The molecule has 0 bridgehead atoms. The second kappa shape index (κ2) is 4.49. The predicted molar refractivity (Wildman–Crippen MR) is 64.9 cm³/mol. The maximum absolute atomic E-state index is 11.8. The zero-order valence-electron chi connectivity index (χ0n) is 10.1. The summed E-state index contributed by atoms with van der Waals surface area (Å²) in [4.78, 5) is 18.6. The van der Waals surface area contributed by atoms with Crippen LogP contribution in [0.4, 0.5) is 0 Å². The molecule has 0 atom stereocenters. The fourth-order valence-corrected chi connectivity index (χ4v) is 2.46. The molecular weight excluding hydrogens is 218 g/mol. The number of aromatic nitrogens is 2. The highest BCUT2D eigenvalue weighted by atomic mass is 16.3. The van der Waals surface area contributed by atoms with E-state index < -0.39 is 5.54 Å². The van der Waals surface area contributed by atoms with Gasteiger partial charge in [-0.1, -0.05) is 26.2 Å². The van der Waals surface area contributed by atoms with Gasteiger partial charge in [0.15, 0.2) is 0 Å². The third kappa shape index (κ3) is 2.20. The largest absolute Gasteiger partial charge is 0.493 e. The zero-order valence-corrected chi connectivity index (χ0v) is 10.1.